The number of hydrogen-bond acceptors (Lipinski definition) is 2. The predicted octanol–water partition coefficient (Wildman–Crippen LogP) is 3.29. The van der Waals surface area contributed by atoms with E-state index in [-0.39, 0.29) is 6.04 Å². The van der Waals surface area contributed by atoms with Crippen LogP contribution in [0.5, 0.6) is 0 Å². The van der Waals surface area contributed by atoms with Crippen molar-refractivity contribution < 1.29 is 0 Å². The molecule has 0 spiro atoms. The van der Waals surface area contributed by atoms with Crippen LogP contribution in [0.15, 0.2) is 78.1 Å². The van der Waals surface area contributed by atoms with Gasteiger partial charge in [-0.2, -0.15) is 0 Å². The fourth-order valence-electron chi connectivity index (χ4n) is 2.16. The molecule has 0 aromatic heterocycles. The summed E-state index contributed by atoms with van der Waals surface area (Å²) in [5.74, 6) is 0. The average molecular weight is 234 g/mol. The lowest BCUT2D eigenvalue weighted by Crippen LogP contribution is -2.27. The molecular formula is C16H14N2. The highest BCUT2D eigenvalue weighted by Gasteiger charge is 2.19. The van der Waals surface area contributed by atoms with Crippen LogP contribution in [0.2, 0.25) is 0 Å². The van der Waals surface area contributed by atoms with Crippen LogP contribution in [0.1, 0.15) is 17.2 Å². The molecule has 2 aromatic carbocycles. The van der Waals surface area contributed by atoms with Crippen molar-refractivity contribution in [3.8, 4) is 0 Å². The maximum absolute atomic E-state index is 4.53. The summed E-state index contributed by atoms with van der Waals surface area (Å²) < 4.78 is 0. The molecule has 1 heterocycles. The SMILES string of the molecule is C1=CNC(c2ccccc2)C(c2ccccc2)=N1. The highest BCUT2D eigenvalue weighted by atomic mass is 15.0. The number of hydrogen-bond donors (Lipinski definition) is 1. The second kappa shape index (κ2) is 4.88. The molecule has 0 aliphatic carbocycles. The fraction of sp³-hybridized carbons (Fsp3) is 0.0625. The first-order valence-corrected chi connectivity index (χ1v) is 6.04. The number of rotatable bonds is 2. The first kappa shape index (κ1) is 10.8. The number of nitrogens with one attached hydrogen (secondary N) is 1. The Balaban J connectivity index is 2.01. The standard InChI is InChI=1S/C16H14N2/c1-3-7-13(8-4-1)15-16(18-12-11-17-15)14-9-5-2-6-10-14/h1-12,15,17H. The van der Waals surface area contributed by atoms with Crippen molar-refractivity contribution in [2.45, 2.75) is 6.04 Å². The summed E-state index contributed by atoms with van der Waals surface area (Å²) in [6.07, 6.45) is 3.70. The van der Waals surface area contributed by atoms with Gasteiger partial charge in [0.05, 0.1) is 11.8 Å². The number of aliphatic imine (C=N–C) groups is 1. The van der Waals surface area contributed by atoms with Gasteiger partial charge < -0.3 is 5.32 Å². The first-order valence-electron chi connectivity index (χ1n) is 6.04. The molecule has 1 N–H and O–H groups in total. The van der Waals surface area contributed by atoms with E-state index in [2.05, 4.69) is 46.7 Å². The minimum Gasteiger partial charge on any atom is -0.377 e. The summed E-state index contributed by atoms with van der Waals surface area (Å²) in [6, 6.07) is 20.8. The molecule has 0 saturated heterocycles. The minimum absolute atomic E-state index is 0.124. The lowest BCUT2D eigenvalue weighted by atomic mass is 9.96. The zero-order chi connectivity index (χ0) is 12.2. The normalized spacial score (nSPS) is 18.0. The van der Waals surface area contributed by atoms with Crippen LogP contribution in [-0.2, 0) is 0 Å². The summed E-state index contributed by atoms with van der Waals surface area (Å²) in [7, 11) is 0. The maximum Gasteiger partial charge on any atom is 0.0942 e. The van der Waals surface area contributed by atoms with E-state index in [1.165, 1.54) is 5.56 Å². The molecule has 3 rings (SSSR count). The Labute approximate surface area is 107 Å². The monoisotopic (exact) mass is 234 g/mol. The third-order valence-electron chi connectivity index (χ3n) is 3.03. The van der Waals surface area contributed by atoms with E-state index in [0.29, 0.717) is 0 Å². The van der Waals surface area contributed by atoms with Crippen molar-refractivity contribution in [2.24, 2.45) is 4.99 Å². The van der Waals surface area contributed by atoms with Crippen LogP contribution in [0, 0.1) is 0 Å². The van der Waals surface area contributed by atoms with Gasteiger partial charge in [0.25, 0.3) is 0 Å². The molecule has 1 aliphatic heterocycles. The summed E-state index contributed by atoms with van der Waals surface area (Å²) in [4.78, 5) is 4.53. The fourth-order valence-corrected chi connectivity index (χ4v) is 2.16. The van der Waals surface area contributed by atoms with Crippen molar-refractivity contribution in [1.29, 1.82) is 0 Å². The molecule has 0 bridgehead atoms. The van der Waals surface area contributed by atoms with Crippen LogP contribution >= 0.6 is 0 Å². The van der Waals surface area contributed by atoms with Crippen molar-refractivity contribution >= 4 is 5.71 Å². The van der Waals surface area contributed by atoms with Gasteiger partial charge in [-0.3, -0.25) is 4.99 Å². The van der Waals surface area contributed by atoms with E-state index in [0.717, 1.165) is 11.3 Å². The van der Waals surface area contributed by atoms with Crippen molar-refractivity contribution in [3.63, 3.8) is 0 Å². The second-order valence-corrected chi connectivity index (χ2v) is 4.21. The van der Waals surface area contributed by atoms with Gasteiger partial charge in [-0.1, -0.05) is 60.7 Å². The van der Waals surface area contributed by atoms with Gasteiger partial charge in [-0.25, -0.2) is 0 Å². The van der Waals surface area contributed by atoms with Gasteiger partial charge in [0.15, 0.2) is 0 Å². The summed E-state index contributed by atoms with van der Waals surface area (Å²) in [5, 5.41) is 3.37. The van der Waals surface area contributed by atoms with E-state index >= 15 is 0 Å². The number of nitrogens with zero attached hydrogens (tertiary/aromatic N) is 1. The predicted molar refractivity (Wildman–Crippen MR) is 74.4 cm³/mol. The molecule has 18 heavy (non-hydrogen) atoms. The van der Waals surface area contributed by atoms with Crippen molar-refractivity contribution in [2.75, 3.05) is 0 Å². The maximum atomic E-state index is 4.53. The highest BCUT2D eigenvalue weighted by Crippen LogP contribution is 2.21. The van der Waals surface area contributed by atoms with Crippen LogP contribution in [-0.4, -0.2) is 5.71 Å². The van der Waals surface area contributed by atoms with E-state index in [1.807, 2.05) is 36.7 Å². The highest BCUT2D eigenvalue weighted by molar-refractivity contribution is 6.05. The smallest absolute Gasteiger partial charge is 0.0942 e. The molecule has 0 fully saturated rings. The molecule has 0 radical (unpaired) electrons. The summed E-state index contributed by atoms with van der Waals surface area (Å²) in [6.45, 7) is 0. The zero-order valence-corrected chi connectivity index (χ0v) is 9.95. The van der Waals surface area contributed by atoms with E-state index < -0.39 is 0 Å². The zero-order valence-electron chi connectivity index (χ0n) is 9.95. The van der Waals surface area contributed by atoms with Crippen molar-refractivity contribution in [3.05, 3.63) is 84.2 Å². The molecule has 0 amide bonds. The van der Waals surface area contributed by atoms with Crippen LogP contribution in [0.25, 0.3) is 0 Å². The Bertz CT molecular complexity index is 571. The molecule has 1 atom stereocenters. The Morgan fingerprint density at radius 2 is 1.50 bits per heavy atom. The lowest BCUT2D eigenvalue weighted by molar-refractivity contribution is 0.778. The Morgan fingerprint density at radius 1 is 0.833 bits per heavy atom. The first-order chi connectivity index (χ1) is 8.95. The van der Waals surface area contributed by atoms with Gasteiger partial charge in [-0.15, -0.1) is 0 Å². The lowest BCUT2D eigenvalue weighted by Gasteiger charge is -2.22. The largest absolute Gasteiger partial charge is 0.377 e. The average Bonchev–Trinajstić information content (AvgIpc) is 2.49. The second-order valence-electron chi connectivity index (χ2n) is 4.21. The van der Waals surface area contributed by atoms with Gasteiger partial charge in [0.2, 0.25) is 0 Å². The topological polar surface area (TPSA) is 24.4 Å². The molecule has 2 aromatic rings. The Kier molecular flexibility index (Phi) is 2.92. The third-order valence-corrected chi connectivity index (χ3v) is 3.03. The van der Waals surface area contributed by atoms with Crippen LogP contribution < -0.4 is 5.32 Å². The molecule has 88 valence electrons. The number of benzene rings is 2. The van der Waals surface area contributed by atoms with E-state index in [1.54, 1.807) is 0 Å². The van der Waals surface area contributed by atoms with Gasteiger partial charge in [0, 0.05) is 12.4 Å². The molecule has 2 nitrogen and oxygen atoms in total. The van der Waals surface area contributed by atoms with Gasteiger partial charge in [-0.05, 0) is 11.1 Å². The molecule has 1 aliphatic rings. The van der Waals surface area contributed by atoms with Gasteiger partial charge >= 0.3 is 0 Å². The molecular weight excluding hydrogens is 220 g/mol. The van der Waals surface area contributed by atoms with Gasteiger partial charge in [0.1, 0.15) is 0 Å². The molecule has 2 heteroatoms. The minimum atomic E-state index is 0.124. The summed E-state index contributed by atoms with van der Waals surface area (Å²) >= 11 is 0. The van der Waals surface area contributed by atoms with Crippen LogP contribution in [0.4, 0.5) is 0 Å². The third kappa shape index (κ3) is 2.05. The van der Waals surface area contributed by atoms with Crippen LogP contribution in [0.3, 0.4) is 0 Å². The molecule has 0 saturated carbocycles. The molecule has 1 unspecified atom stereocenters. The van der Waals surface area contributed by atoms with E-state index in [9.17, 15) is 0 Å². The Hall–Kier alpha value is -2.35. The summed E-state index contributed by atoms with van der Waals surface area (Å²) in [5.41, 5.74) is 3.44. The Morgan fingerprint density at radius 3 is 2.22 bits per heavy atom. The van der Waals surface area contributed by atoms with E-state index in [4.69, 9.17) is 0 Å². The quantitative estimate of drug-likeness (QED) is 0.847. The van der Waals surface area contributed by atoms with Crippen molar-refractivity contribution in [1.82, 2.24) is 5.32 Å².